The Labute approximate surface area is 117 Å². The van der Waals surface area contributed by atoms with Gasteiger partial charge in [-0.15, -0.1) is 0 Å². The summed E-state index contributed by atoms with van der Waals surface area (Å²) >= 11 is 0. The molecule has 7 heteroatoms. The molecule has 0 fully saturated rings. The molecule has 1 heterocycles. The van der Waals surface area contributed by atoms with Gasteiger partial charge < -0.3 is 9.84 Å². The summed E-state index contributed by atoms with van der Waals surface area (Å²) in [6.45, 7) is 3.63. The third kappa shape index (κ3) is 3.29. The average Bonchev–Trinajstić information content (AvgIpc) is 2.71. The van der Waals surface area contributed by atoms with Crippen LogP contribution in [0.2, 0.25) is 0 Å². The SMILES string of the molecule is CC(C)(CC(=O)O)NS(=O)(=O)c1ccc2c(c1)CCO2. The highest BCUT2D eigenvalue weighted by atomic mass is 32.2. The number of rotatable bonds is 5. The van der Waals surface area contributed by atoms with Crippen molar-refractivity contribution in [2.75, 3.05) is 6.61 Å². The summed E-state index contributed by atoms with van der Waals surface area (Å²) in [4.78, 5) is 10.9. The normalized spacial score (nSPS) is 14.7. The highest BCUT2D eigenvalue weighted by Gasteiger charge is 2.29. The lowest BCUT2D eigenvalue weighted by Crippen LogP contribution is -2.44. The molecule has 1 aliphatic heterocycles. The molecule has 2 rings (SSSR count). The second-order valence-electron chi connectivity index (χ2n) is 5.43. The van der Waals surface area contributed by atoms with Gasteiger partial charge in [-0.2, -0.15) is 0 Å². The van der Waals surface area contributed by atoms with Crippen LogP contribution in [-0.2, 0) is 21.2 Å². The van der Waals surface area contributed by atoms with Gasteiger partial charge in [0, 0.05) is 12.0 Å². The van der Waals surface area contributed by atoms with Crippen molar-refractivity contribution in [1.82, 2.24) is 4.72 Å². The molecule has 0 saturated carbocycles. The molecular weight excluding hydrogens is 282 g/mol. The molecule has 110 valence electrons. The zero-order valence-electron chi connectivity index (χ0n) is 11.3. The van der Waals surface area contributed by atoms with Gasteiger partial charge in [0.1, 0.15) is 5.75 Å². The van der Waals surface area contributed by atoms with Crippen LogP contribution in [0.3, 0.4) is 0 Å². The summed E-state index contributed by atoms with van der Waals surface area (Å²) in [7, 11) is -3.75. The van der Waals surface area contributed by atoms with Crippen LogP contribution in [0.5, 0.6) is 5.75 Å². The fourth-order valence-corrected chi connectivity index (χ4v) is 3.63. The number of hydrogen-bond acceptors (Lipinski definition) is 4. The molecule has 0 unspecified atom stereocenters. The molecule has 0 atom stereocenters. The lowest BCUT2D eigenvalue weighted by Gasteiger charge is -2.24. The molecule has 0 aliphatic carbocycles. The van der Waals surface area contributed by atoms with E-state index in [4.69, 9.17) is 9.84 Å². The van der Waals surface area contributed by atoms with Gasteiger partial charge in [-0.05, 0) is 37.6 Å². The third-order valence-electron chi connectivity index (χ3n) is 2.98. The quantitative estimate of drug-likeness (QED) is 0.851. The van der Waals surface area contributed by atoms with Gasteiger partial charge in [0.05, 0.1) is 17.9 Å². The van der Waals surface area contributed by atoms with Crippen LogP contribution >= 0.6 is 0 Å². The lowest BCUT2D eigenvalue weighted by molar-refractivity contribution is -0.138. The van der Waals surface area contributed by atoms with Crippen LogP contribution in [0.15, 0.2) is 23.1 Å². The van der Waals surface area contributed by atoms with Crippen LogP contribution < -0.4 is 9.46 Å². The topological polar surface area (TPSA) is 92.7 Å². The van der Waals surface area contributed by atoms with E-state index in [0.29, 0.717) is 18.8 Å². The average molecular weight is 299 g/mol. The number of aliphatic carboxylic acids is 1. The monoisotopic (exact) mass is 299 g/mol. The molecule has 1 aromatic carbocycles. The Morgan fingerprint density at radius 1 is 1.45 bits per heavy atom. The number of carboxylic acid groups (broad SMARTS) is 1. The van der Waals surface area contributed by atoms with Crippen molar-refractivity contribution in [2.24, 2.45) is 0 Å². The third-order valence-corrected chi connectivity index (χ3v) is 4.67. The Balaban J connectivity index is 2.24. The predicted octanol–water partition coefficient (Wildman–Crippen LogP) is 1.15. The van der Waals surface area contributed by atoms with E-state index in [1.807, 2.05) is 0 Å². The zero-order chi connectivity index (χ0) is 15.0. The number of sulfonamides is 1. The fourth-order valence-electron chi connectivity index (χ4n) is 2.17. The Morgan fingerprint density at radius 3 is 2.80 bits per heavy atom. The summed E-state index contributed by atoms with van der Waals surface area (Å²) in [5, 5.41) is 8.79. The van der Waals surface area contributed by atoms with Gasteiger partial charge in [0.2, 0.25) is 10.0 Å². The van der Waals surface area contributed by atoms with Gasteiger partial charge in [0.15, 0.2) is 0 Å². The second-order valence-corrected chi connectivity index (χ2v) is 7.11. The van der Waals surface area contributed by atoms with Crippen molar-refractivity contribution in [3.63, 3.8) is 0 Å². The summed E-state index contributed by atoms with van der Waals surface area (Å²) in [6.07, 6.45) is 0.386. The molecule has 0 radical (unpaired) electrons. The maximum absolute atomic E-state index is 12.3. The van der Waals surface area contributed by atoms with E-state index in [0.717, 1.165) is 5.56 Å². The first-order valence-corrected chi connectivity index (χ1v) is 7.69. The van der Waals surface area contributed by atoms with Crippen molar-refractivity contribution in [3.8, 4) is 5.75 Å². The minimum atomic E-state index is -3.75. The predicted molar refractivity (Wildman–Crippen MR) is 72.3 cm³/mol. The van der Waals surface area contributed by atoms with Gasteiger partial charge in [-0.3, -0.25) is 4.79 Å². The number of carboxylic acids is 1. The molecule has 0 spiro atoms. The largest absolute Gasteiger partial charge is 0.493 e. The second kappa shape index (κ2) is 5.06. The van der Waals surface area contributed by atoms with E-state index >= 15 is 0 Å². The van der Waals surface area contributed by atoms with E-state index in [2.05, 4.69) is 4.72 Å². The number of nitrogens with one attached hydrogen (secondary N) is 1. The first-order valence-electron chi connectivity index (χ1n) is 6.21. The maximum Gasteiger partial charge on any atom is 0.305 e. The first kappa shape index (κ1) is 14.8. The van der Waals surface area contributed by atoms with E-state index in [1.54, 1.807) is 12.1 Å². The Bertz CT molecular complexity index is 636. The molecule has 0 amide bonds. The van der Waals surface area contributed by atoms with E-state index < -0.39 is 21.5 Å². The maximum atomic E-state index is 12.3. The van der Waals surface area contributed by atoms with Crippen molar-refractivity contribution < 1.29 is 23.1 Å². The summed E-state index contributed by atoms with van der Waals surface area (Å²) in [5.41, 5.74) is -0.205. The number of fused-ring (bicyclic) bond motifs is 1. The summed E-state index contributed by atoms with van der Waals surface area (Å²) in [6, 6.07) is 4.66. The fraction of sp³-hybridized carbons (Fsp3) is 0.462. The number of carbonyl (C=O) groups is 1. The number of ether oxygens (including phenoxy) is 1. The van der Waals surface area contributed by atoms with Gasteiger partial charge in [-0.1, -0.05) is 0 Å². The van der Waals surface area contributed by atoms with Crippen LogP contribution in [0.1, 0.15) is 25.8 Å². The van der Waals surface area contributed by atoms with E-state index in [9.17, 15) is 13.2 Å². The molecule has 0 bridgehead atoms. The minimum absolute atomic E-state index is 0.125. The van der Waals surface area contributed by atoms with Gasteiger partial charge in [-0.25, -0.2) is 13.1 Å². The molecule has 20 heavy (non-hydrogen) atoms. The lowest BCUT2D eigenvalue weighted by atomic mass is 10.0. The molecular formula is C13H17NO5S. The van der Waals surface area contributed by atoms with Gasteiger partial charge in [0.25, 0.3) is 0 Å². The Kier molecular flexibility index (Phi) is 3.75. The molecule has 1 aliphatic rings. The van der Waals surface area contributed by atoms with Crippen molar-refractivity contribution >= 4 is 16.0 Å². The Hall–Kier alpha value is -1.60. The molecule has 0 aromatic heterocycles. The molecule has 1 aromatic rings. The smallest absolute Gasteiger partial charge is 0.305 e. The van der Waals surface area contributed by atoms with Gasteiger partial charge >= 0.3 is 5.97 Å². The standard InChI is InChI=1S/C13H17NO5S/c1-13(2,8-12(15)16)14-20(17,18)10-3-4-11-9(7-10)5-6-19-11/h3-4,7,14H,5-6,8H2,1-2H3,(H,15,16). The first-order chi connectivity index (χ1) is 9.20. The van der Waals surface area contributed by atoms with Crippen molar-refractivity contribution in [1.29, 1.82) is 0 Å². The summed E-state index contributed by atoms with van der Waals surface area (Å²) in [5.74, 6) is -0.353. The van der Waals surface area contributed by atoms with Crippen LogP contribution in [-0.4, -0.2) is 31.6 Å². The number of hydrogen-bond donors (Lipinski definition) is 2. The molecule has 2 N–H and O–H groups in total. The van der Waals surface area contributed by atoms with Crippen LogP contribution in [0.25, 0.3) is 0 Å². The van der Waals surface area contributed by atoms with E-state index in [-0.39, 0.29) is 11.3 Å². The highest BCUT2D eigenvalue weighted by Crippen LogP contribution is 2.28. The van der Waals surface area contributed by atoms with Crippen molar-refractivity contribution in [2.45, 2.75) is 37.1 Å². The molecule has 6 nitrogen and oxygen atoms in total. The van der Waals surface area contributed by atoms with Crippen LogP contribution in [0, 0.1) is 0 Å². The van der Waals surface area contributed by atoms with Crippen LogP contribution in [0.4, 0.5) is 0 Å². The molecule has 0 saturated heterocycles. The van der Waals surface area contributed by atoms with Crippen molar-refractivity contribution in [3.05, 3.63) is 23.8 Å². The summed E-state index contributed by atoms with van der Waals surface area (Å²) < 4.78 is 32.3. The minimum Gasteiger partial charge on any atom is -0.493 e. The zero-order valence-corrected chi connectivity index (χ0v) is 12.2. The Morgan fingerprint density at radius 2 is 2.15 bits per heavy atom. The van der Waals surface area contributed by atoms with E-state index in [1.165, 1.54) is 19.9 Å². The highest BCUT2D eigenvalue weighted by molar-refractivity contribution is 7.89. The number of benzene rings is 1.